The number of carbonyl (C=O) groups is 2. The van der Waals surface area contributed by atoms with Gasteiger partial charge in [-0.3, -0.25) is 14.5 Å². The highest BCUT2D eigenvalue weighted by Crippen LogP contribution is 2.53. The Bertz CT molecular complexity index is 1340. The van der Waals surface area contributed by atoms with Gasteiger partial charge in [0.05, 0.1) is 21.8 Å². The van der Waals surface area contributed by atoms with Crippen molar-refractivity contribution in [2.24, 2.45) is 23.5 Å². The monoisotopic (exact) mass is 615 g/mol. The standard InChI is InChI=1S/C29H30ClF4N3O3.ClH/c30-21-2-1-3-22(31)25(21)28(40)24-20(29(32,33)34)10-18(26(35)38)11-23(24)37(27(28)39)14-17-8-19(9-17)36(12-15-4-5-15)13-16-6-7-16;/h1-3,10-11,15-17,19,40H,4-9,12-14H2,(H2,35,38);1H. The Morgan fingerprint density at radius 3 is 2.20 bits per heavy atom. The van der Waals surface area contributed by atoms with Crippen LogP contribution in [0.5, 0.6) is 0 Å². The Kier molecular flexibility index (Phi) is 7.85. The van der Waals surface area contributed by atoms with E-state index in [0.717, 1.165) is 54.8 Å². The lowest BCUT2D eigenvalue weighted by atomic mass is 9.78. The van der Waals surface area contributed by atoms with Gasteiger partial charge in [0.25, 0.3) is 5.91 Å². The second kappa shape index (κ2) is 10.7. The molecule has 41 heavy (non-hydrogen) atoms. The lowest BCUT2D eigenvalue weighted by Crippen LogP contribution is -2.51. The van der Waals surface area contributed by atoms with Crippen LogP contribution in [0.15, 0.2) is 30.3 Å². The third-order valence-electron chi connectivity index (χ3n) is 8.79. The zero-order chi connectivity index (χ0) is 28.6. The number of halogens is 6. The summed E-state index contributed by atoms with van der Waals surface area (Å²) in [6.07, 6.45) is 1.34. The summed E-state index contributed by atoms with van der Waals surface area (Å²) in [5.74, 6) is -2.00. The molecule has 3 N–H and O–H groups in total. The molecule has 2 aromatic carbocycles. The number of anilines is 1. The number of primary amides is 1. The van der Waals surface area contributed by atoms with Crippen molar-refractivity contribution in [1.29, 1.82) is 0 Å². The topological polar surface area (TPSA) is 86.9 Å². The number of fused-ring (bicyclic) bond motifs is 1. The maximum absolute atomic E-state index is 15.1. The van der Waals surface area contributed by atoms with Crippen LogP contribution in [-0.2, 0) is 16.6 Å². The van der Waals surface area contributed by atoms with Crippen molar-refractivity contribution in [2.45, 2.75) is 56.3 Å². The molecule has 6 rings (SSSR count). The van der Waals surface area contributed by atoms with Crippen molar-refractivity contribution in [1.82, 2.24) is 4.90 Å². The molecule has 3 saturated carbocycles. The number of carbonyl (C=O) groups excluding carboxylic acids is 2. The molecular weight excluding hydrogens is 585 g/mol. The molecular formula is C29H31Cl2F4N3O3. The van der Waals surface area contributed by atoms with Gasteiger partial charge in [-0.15, -0.1) is 12.4 Å². The van der Waals surface area contributed by atoms with Gasteiger partial charge in [-0.1, -0.05) is 17.7 Å². The molecule has 4 aliphatic rings. The van der Waals surface area contributed by atoms with Crippen molar-refractivity contribution < 1.29 is 32.3 Å². The van der Waals surface area contributed by atoms with Gasteiger partial charge in [0.15, 0.2) is 0 Å². The van der Waals surface area contributed by atoms with E-state index in [9.17, 15) is 27.9 Å². The third-order valence-corrected chi connectivity index (χ3v) is 9.10. The highest BCUT2D eigenvalue weighted by atomic mass is 35.5. The summed E-state index contributed by atoms with van der Waals surface area (Å²) in [5, 5.41) is 11.4. The number of nitrogens with two attached hydrogens (primary N) is 1. The summed E-state index contributed by atoms with van der Waals surface area (Å²) < 4.78 is 58.2. The number of benzene rings is 2. The van der Waals surface area contributed by atoms with Crippen LogP contribution < -0.4 is 10.6 Å². The molecule has 1 aliphatic heterocycles. The van der Waals surface area contributed by atoms with E-state index < -0.39 is 56.7 Å². The zero-order valence-corrected chi connectivity index (χ0v) is 23.7. The Morgan fingerprint density at radius 2 is 1.68 bits per heavy atom. The zero-order valence-electron chi connectivity index (χ0n) is 22.1. The summed E-state index contributed by atoms with van der Waals surface area (Å²) in [6, 6.07) is 5.23. The van der Waals surface area contributed by atoms with Crippen LogP contribution in [0, 0.1) is 23.6 Å². The van der Waals surface area contributed by atoms with E-state index in [0.29, 0.717) is 12.1 Å². The molecule has 6 nitrogen and oxygen atoms in total. The van der Waals surface area contributed by atoms with Crippen LogP contribution in [0.3, 0.4) is 0 Å². The van der Waals surface area contributed by atoms with Gasteiger partial charge in [0.2, 0.25) is 11.5 Å². The molecule has 1 unspecified atom stereocenters. The van der Waals surface area contributed by atoms with E-state index in [4.69, 9.17) is 17.3 Å². The van der Waals surface area contributed by atoms with Crippen molar-refractivity contribution >= 4 is 41.5 Å². The lowest BCUT2D eigenvalue weighted by Gasteiger charge is -2.44. The fourth-order valence-corrected chi connectivity index (χ4v) is 6.60. The average molecular weight is 616 g/mol. The quantitative estimate of drug-likeness (QED) is 0.365. The summed E-state index contributed by atoms with van der Waals surface area (Å²) in [6.45, 7) is 2.10. The molecule has 12 heteroatoms. The van der Waals surface area contributed by atoms with Gasteiger partial charge in [-0.2, -0.15) is 13.2 Å². The van der Waals surface area contributed by atoms with Crippen LogP contribution in [0.4, 0.5) is 23.2 Å². The molecule has 0 spiro atoms. The number of hydrogen-bond acceptors (Lipinski definition) is 4. The third kappa shape index (κ3) is 5.44. The molecule has 0 aromatic heterocycles. The van der Waals surface area contributed by atoms with Crippen molar-refractivity contribution in [2.75, 3.05) is 24.5 Å². The van der Waals surface area contributed by atoms with Crippen molar-refractivity contribution in [3.05, 3.63) is 63.4 Å². The predicted molar refractivity (Wildman–Crippen MR) is 148 cm³/mol. The first kappa shape index (κ1) is 30.1. The minimum atomic E-state index is -5.09. The molecule has 1 heterocycles. The Morgan fingerprint density at radius 1 is 1.07 bits per heavy atom. The fourth-order valence-electron chi connectivity index (χ4n) is 6.30. The predicted octanol–water partition coefficient (Wildman–Crippen LogP) is 5.50. The summed E-state index contributed by atoms with van der Waals surface area (Å²) in [4.78, 5) is 29.5. The number of alkyl halides is 3. The molecule has 2 aromatic rings. The Balaban J connectivity index is 0.00000337. The van der Waals surface area contributed by atoms with Crippen molar-refractivity contribution in [3.63, 3.8) is 0 Å². The normalized spacial score (nSPS) is 25.6. The molecule has 2 amide bonds. The van der Waals surface area contributed by atoms with E-state index in [2.05, 4.69) is 4.90 Å². The first-order chi connectivity index (χ1) is 18.9. The maximum Gasteiger partial charge on any atom is 0.416 e. The Labute approximate surface area is 246 Å². The highest BCUT2D eigenvalue weighted by Gasteiger charge is 2.58. The summed E-state index contributed by atoms with van der Waals surface area (Å²) >= 11 is 6.19. The molecule has 0 radical (unpaired) electrons. The second-order valence-corrected chi connectivity index (χ2v) is 12.2. The largest absolute Gasteiger partial charge is 0.416 e. The van der Waals surface area contributed by atoms with Gasteiger partial charge < -0.3 is 15.7 Å². The smallest absolute Gasteiger partial charge is 0.372 e. The van der Waals surface area contributed by atoms with Crippen LogP contribution in [0.2, 0.25) is 5.02 Å². The first-order valence-corrected chi connectivity index (χ1v) is 14.0. The van der Waals surface area contributed by atoms with Crippen LogP contribution in [-0.4, -0.2) is 47.5 Å². The van der Waals surface area contributed by atoms with Gasteiger partial charge in [-0.05, 0) is 80.5 Å². The summed E-state index contributed by atoms with van der Waals surface area (Å²) in [7, 11) is 0. The lowest BCUT2D eigenvalue weighted by molar-refractivity contribution is -0.142. The Hall–Kier alpha value is -2.40. The molecule has 3 aliphatic carbocycles. The maximum atomic E-state index is 15.1. The van der Waals surface area contributed by atoms with Crippen LogP contribution in [0.25, 0.3) is 0 Å². The minimum Gasteiger partial charge on any atom is -0.372 e. The second-order valence-electron chi connectivity index (χ2n) is 11.8. The van der Waals surface area contributed by atoms with E-state index in [1.807, 2.05) is 0 Å². The molecule has 222 valence electrons. The molecule has 1 atom stereocenters. The number of nitrogens with zero attached hydrogens (tertiary/aromatic N) is 2. The number of hydrogen-bond donors (Lipinski definition) is 2. The fraction of sp³-hybridized carbons (Fsp3) is 0.517. The SMILES string of the molecule is Cl.NC(=O)c1cc2c(c(C(F)(F)F)c1)C(O)(c1c(F)cccc1Cl)C(=O)N2CC1CC(N(CC2CC2)CC2CC2)C1. The minimum absolute atomic E-state index is 0. The summed E-state index contributed by atoms with van der Waals surface area (Å²) in [5.41, 5.74) is -1.53. The molecule has 0 saturated heterocycles. The first-order valence-electron chi connectivity index (χ1n) is 13.7. The van der Waals surface area contributed by atoms with Gasteiger partial charge in [-0.25, -0.2) is 4.39 Å². The van der Waals surface area contributed by atoms with E-state index in [1.165, 1.54) is 37.8 Å². The van der Waals surface area contributed by atoms with E-state index >= 15 is 4.39 Å². The van der Waals surface area contributed by atoms with E-state index in [1.54, 1.807) is 0 Å². The highest BCUT2D eigenvalue weighted by molar-refractivity contribution is 6.32. The number of rotatable bonds is 9. The van der Waals surface area contributed by atoms with Crippen LogP contribution >= 0.6 is 24.0 Å². The molecule has 0 bridgehead atoms. The van der Waals surface area contributed by atoms with Crippen molar-refractivity contribution in [3.8, 4) is 0 Å². The number of amides is 2. The van der Waals surface area contributed by atoms with Gasteiger partial charge >= 0.3 is 6.18 Å². The van der Waals surface area contributed by atoms with E-state index in [-0.39, 0.29) is 30.6 Å². The van der Waals surface area contributed by atoms with Gasteiger partial charge in [0, 0.05) is 36.8 Å². The number of aliphatic hydroxyl groups is 1. The molecule has 3 fully saturated rings. The average Bonchev–Trinajstić information content (AvgIpc) is 3.78. The van der Waals surface area contributed by atoms with Gasteiger partial charge in [0.1, 0.15) is 5.82 Å². The van der Waals surface area contributed by atoms with Crippen LogP contribution in [0.1, 0.15) is 65.6 Å².